The maximum Gasteiger partial charge on any atom is 0.193 e. The second-order valence-electron chi connectivity index (χ2n) is 6.64. The van der Waals surface area contributed by atoms with E-state index in [1.54, 1.807) is 0 Å². The number of hydrogen-bond donors (Lipinski definition) is 1. The minimum atomic E-state index is 0. The normalized spacial score (nSPS) is 24.0. The summed E-state index contributed by atoms with van der Waals surface area (Å²) in [6.45, 7) is 4.00. The summed E-state index contributed by atoms with van der Waals surface area (Å²) in [6, 6.07) is 10.7. The molecule has 0 bridgehead atoms. The van der Waals surface area contributed by atoms with E-state index in [2.05, 4.69) is 45.5 Å². The van der Waals surface area contributed by atoms with Gasteiger partial charge in [-0.15, -0.1) is 35.7 Å². The molecule has 1 aromatic rings. The lowest BCUT2D eigenvalue weighted by Gasteiger charge is -2.26. The van der Waals surface area contributed by atoms with Gasteiger partial charge in [0.1, 0.15) is 0 Å². The number of benzene rings is 1. The second kappa shape index (κ2) is 11.3. The molecule has 1 N–H and O–H groups in total. The van der Waals surface area contributed by atoms with Gasteiger partial charge in [0.25, 0.3) is 0 Å². The van der Waals surface area contributed by atoms with Crippen LogP contribution in [0.5, 0.6) is 0 Å². The Bertz CT molecular complexity index is 523. The predicted molar refractivity (Wildman–Crippen MR) is 117 cm³/mol. The molecule has 140 valence electrons. The van der Waals surface area contributed by atoms with Gasteiger partial charge >= 0.3 is 0 Å². The molecule has 0 amide bonds. The van der Waals surface area contributed by atoms with E-state index in [0.29, 0.717) is 6.10 Å². The van der Waals surface area contributed by atoms with Gasteiger partial charge in [0.05, 0.1) is 6.10 Å². The molecule has 1 aromatic carbocycles. The number of nitrogens with zero attached hydrogens (tertiary/aromatic N) is 2. The molecule has 0 aliphatic carbocycles. The Kier molecular flexibility index (Phi) is 9.41. The van der Waals surface area contributed by atoms with Crippen LogP contribution in [0, 0.1) is 5.92 Å². The van der Waals surface area contributed by atoms with Crippen molar-refractivity contribution >= 4 is 41.7 Å². The van der Waals surface area contributed by atoms with Crippen LogP contribution in [0.25, 0.3) is 0 Å². The van der Waals surface area contributed by atoms with E-state index in [-0.39, 0.29) is 24.0 Å². The number of hydrogen-bond acceptors (Lipinski definition) is 3. The van der Waals surface area contributed by atoms with Gasteiger partial charge in [-0.3, -0.25) is 4.99 Å². The predicted octanol–water partition coefficient (Wildman–Crippen LogP) is 3.86. The fraction of sp³-hybridized carbons (Fsp3) is 0.632. The van der Waals surface area contributed by atoms with Crippen molar-refractivity contribution in [2.75, 3.05) is 39.0 Å². The van der Waals surface area contributed by atoms with Gasteiger partial charge in [0.2, 0.25) is 0 Å². The van der Waals surface area contributed by atoms with E-state index < -0.39 is 0 Å². The summed E-state index contributed by atoms with van der Waals surface area (Å²) in [5.74, 6) is 2.96. The zero-order valence-electron chi connectivity index (χ0n) is 15.0. The third-order valence-corrected chi connectivity index (χ3v) is 6.03. The molecule has 2 fully saturated rings. The van der Waals surface area contributed by atoms with Crippen molar-refractivity contribution in [3.05, 3.63) is 30.3 Å². The maximum absolute atomic E-state index is 5.80. The topological polar surface area (TPSA) is 36.9 Å². The number of rotatable bonds is 5. The molecule has 6 heteroatoms. The van der Waals surface area contributed by atoms with Gasteiger partial charge in [-0.05, 0) is 43.7 Å². The van der Waals surface area contributed by atoms with E-state index in [1.807, 2.05) is 18.8 Å². The number of nitrogens with one attached hydrogen (secondary N) is 1. The van der Waals surface area contributed by atoms with Crippen LogP contribution < -0.4 is 5.32 Å². The number of likely N-dealkylation sites (tertiary alicyclic amines) is 1. The van der Waals surface area contributed by atoms with Gasteiger partial charge in [0.15, 0.2) is 5.96 Å². The van der Waals surface area contributed by atoms with Crippen LogP contribution in [0.4, 0.5) is 0 Å². The molecule has 0 spiro atoms. The summed E-state index contributed by atoms with van der Waals surface area (Å²) < 4.78 is 5.80. The van der Waals surface area contributed by atoms with Crippen molar-refractivity contribution in [1.29, 1.82) is 0 Å². The summed E-state index contributed by atoms with van der Waals surface area (Å²) >= 11 is 1.97. The van der Waals surface area contributed by atoms with Gasteiger partial charge < -0.3 is 15.0 Å². The third kappa shape index (κ3) is 6.64. The molecule has 2 atom stereocenters. The van der Waals surface area contributed by atoms with Gasteiger partial charge in [-0.25, -0.2) is 0 Å². The highest BCUT2D eigenvalue weighted by molar-refractivity contribution is 14.0. The Morgan fingerprint density at radius 1 is 1.28 bits per heavy atom. The second-order valence-corrected chi connectivity index (χ2v) is 7.73. The van der Waals surface area contributed by atoms with Crippen LogP contribution in [-0.2, 0) is 4.74 Å². The van der Waals surface area contributed by atoms with Crippen LogP contribution in [0.2, 0.25) is 0 Å². The first kappa shape index (κ1) is 20.8. The highest BCUT2D eigenvalue weighted by Crippen LogP contribution is 2.25. The molecule has 0 aromatic heterocycles. The minimum Gasteiger partial charge on any atom is -0.376 e. The molecule has 0 saturated carbocycles. The van der Waals surface area contributed by atoms with Gasteiger partial charge in [-0.1, -0.05) is 18.2 Å². The molecule has 2 aliphatic heterocycles. The summed E-state index contributed by atoms with van der Waals surface area (Å²) in [4.78, 5) is 8.25. The minimum absolute atomic E-state index is 0. The van der Waals surface area contributed by atoms with Gasteiger partial charge in [-0.2, -0.15) is 0 Å². The lowest BCUT2D eigenvalue weighted by molar-refractivity contribution is 0.0191. The fourth-order valence-electron chi connectivity index (χ4n) is 3.40. The Hall–Kier alpha value is -0.470. The van der Waals surface area contributed by atoms with Crippen molar-refractivity contribution in [1.82, 2.24) is 10.2 Å². The standard InChI is InChI=1S/C19H29N3OS.HI/c1-20-19(21-13-17-7-5-6-12-23-17)22-11-10-16(14-22)15-24-18-8-3-2-4-9-18;/h2-4,8-9,16-17H,5-7,10-15H2,1H3,(H,20,21);1H. The molecule has 2 saturated heterocycles. The van der Waals surface area contributed by atoms with Crippen LogP contribution >= 0.6 is 35.7 Å². The van der Waals surface area contributed by atoms with Crippen molar-refractivity contribution in [3.63, 3.8) is 0 Å². The number of thioether (sulfide) groups is 1. The quantitative estimate of drug-likeness (QED) is 0.304. The number of aliphatic imine (C=N–C) groups is 1. The molecule has 2 aliphatic rings. The highest BCUT2D eigenvalue weighted by Gasteiger charge is 2.25. The molecule has 25 heavy (non-hydrogen) atoms. The van der Waals surface area contributed by atoms with E-state index in [0.717, 1.165) is 38.1 Å². The van der Waals surface area contributed by atoms with Crippen LogP contribution in [-0.4, -0.2) is 56.0 Å². The van der Waals surface area contributed by atoms with Crippen molar-refractivity contribution in [2.45, 2.75) is 36.7 Å². The average Bonchev–Trinajstić information content (AvgIpc) is 3.11. The zero-order valence-corrected chi connectivity index (χ0v) is 18.2. The Balaban J connectivity index is 0.00000225. The number of halogens is 1. The molecule has 4 nitrogen and oxygen atoms in total. The van der Waals surface area contributed by atoms with E-state index in [1.165, 1.54) is 36.3 Å². The lowest BCUT2D eigenvalue weighted by Crippen LogP contribution is -2.44. The first-order valence-electron chi connectivity index (χ1n) is 9.10. The summed E-state index contributed by atoms with van der Waals surface area (Å²) in [5.41, 5.74) is 0. The largest absolute Gasteiger partial charge is 0.376 e. The first-order valence-corrected chi connectivity index (χ1v) is 10.1. The Labute approximate surface area is 173 Å². The SMILES string of the molecule is CN=C(NCC1CCCCO1)N1CCC(CSc2ccccc2)C1.I. The molecular formula is C19H30IN3OS. The Morgan fingerprint density at radius 2 is 2.12 bits per heavy atom. The van der Waals surface area contributed by atoms with E-state index in [4.69, 9.17) is 4.74 Å². The monoisotopic (exact) mass is 475 g/mol. The fourth-order valence-corrected chi connectivity index (χ4v) is 4.45. The van der Waals surface area contributed by atoms with Crippen LogP contribution in [0.15, 0.2) is 40.2 Å². The van der Waals surface area contributed by atoms with Crippen molar-refractivity contribution in [2.24, 2.45) is 10.9 Å². The van der Waals surface area contributed by atoms with Crippen LogP contribution in [0.1, 0.15) is 25.7 Å². The summed E-state index contributed by atoms with van der Waals surface area (Å²) in [7, 11) is 1.89. The van der Waals surface area contributed by atoms with Crippen LogP contribution in [0.3, 0.4) is 0 Å². The third-order valence-electron chi connectivity index (χ3n) is 4.79. The van der Waals surface area contributed by atoms with E-state index >= 15 is 0 Å². The first-order chi connectivity index (χ1) is 11.8. The van der Waals surface area contributed by atoms with Gasteiger partial charge in [0, 0.05) is 43.9 Å². The summed E-state index contributed by atoms with van der Waals surface area (Å²) in [5, 5.41) is 3.52. The molecule has 3 rings (SSSR count). The smallest absolute Gasteiger partial charge is 0.193 e. The molecule has 2 unspecified atom stereocenters. The number of ether oxygens (including phenoxy) is 1. The lowest BCUT2D eigenvalue weighted by atomic mass is 10.1. The molecule has 0 radical (unpaired) electrons. The molecular weight excluding hydrogens is 445 g/mol. The average molecular weight is 475 g/mol. The Morgan fingerprint density at radius 3 is 2.84 bits per heavy atom. The molecule has 2 heterocycles. The van der Waals surface area contributed by atoms with Crippen molar-refractivity contribution < 1.29 is 4.74 Å². The highest BCUT2D eigenvalue weighted by atomic mass is 127. The van der Waals surface area contributed by atoms with E-state index in [9.17, 15) is 0 Å². The summed E-state index contributed by atoms with van der Waals surface area (Å²) in [6.07, 6.45) is 5.26. The van der Waals surface area contributed by atoms with Crippen molar-refractivity contribution in [3.8, 4) is 0 Å². The maximum atomic E-state index is 5.80. The zero-order chi connectivity index (χ0) is 16.6. The number of guanidine groups is 1.